The van der Waals surface area contributed by atoms with Gasteiger partial charge in [0.25, 0.3) is 0 Å². The van der Waals surface area contributed by atoms with Crippen LogP contribution in [0.5, 0.6) is 11.5 Å². The van der Waals surface area contributed by atoms with Crippen LogP contribution in [0.4, 0.5) is 0 Å². The largest absolute Gasteiger partial charge is 0.486 e. The average molecular weight is 274 g/mol. The molecule has 3 heteroatoms. The van der Waals surface area contributed by atoms with E-state index in [0.717, 1.165) is 29.8 Å². The van der Waals surface area contributed by atoms with Gasteiger partial charge >= 0.3 is 0 Å². The molecular formula is C17H22O3. The van der Waals surface area contributed by atoms with Crippen molar-refractivity contribution in [1.82, 2.24) is 0 Å². The van der Waals surface area contributed by atoms with Crippen LogP contribution >= 0.6 is 0 Å². The van der Waals surface area contributed by atoms with Gasteiger partial charge in [-0.05, 0) is 55.6 Å². The van der Waals surface area contributed by atoms with E-state index in [0.29, 0.717) is 12.5 Å². The third-order valence-electron chi connectivity index (χ3n) is 5.39. The predicted octanol–water partition coefficient (Wildman–Crippen LogP) is 3.01. The maximum atomic E-state index is 10.5. The fraction of sp³-hybridized carbons (Fsp3) is 0.647. The van der Waals surface area contributed by atoms with Gasteiger partial charge in [0.05, 0.1) is 6.10 Å². The van der Waals surface area contributed by atoms with Gasteiger partial charge in [0.2, 0.25) is 0 Å². The number of hydrogen-bond acceptors (Lipinski definition) is 3. The summed E-state index contributed by atoms with van der Waals surface area (Å²) in [6.45, 7) is 0.457. The van der Waals surface area contributed by atoms with E-state index < -0.39 is 6.10 Å². The molecule has 0 spiro atoms. The minimum Gasteiger partial charge on any atom is -0.486 e. The molecule has 1 aromatic carbocycles. The SMILES string of the molecule is OC(CC1CC2CCC1C2)C1COc2ccccc2O1. The Balaban J connectivity index is 1.39. The number of aliphatic hydroxyl groups is 1. The Hall–Kier alpha value is -1.22. The Labute approximate surface area is 119 Å². The van der Waals surface area contributed by atoms with Gasteiger partial charge in [-0.3, -0.25) is 0 Å². The first-order valence-electron chi connectivity index (χ1n) is 7.86. The molecule has 20 heavy (non-hydrogen) atoms. The van der Waals surface area contributed by atoms with Crippen molar-refractivity contribution < 1.29 is 14.6 Å². The van der Waals surface area contributed by atoms with Crippen LogP contribution in [0.25, 0.3) is 0 Å². The molecule has 3 aliphatic rings. The molecule has 3 nitrogen and oxygen atoms in total. The molecule has 1 aromatic rings. The van der Waals surface area contributed by atoms with Crippen LogP contribution in [0.15, 0.2) is 24.3 Å². The molecule has 0 aromatic heterocycles. The van der Waals surface area contributed by atoms with Crippen LogP contribution < -0.4 is 9.47 Å². The first-order chi connectivity index (χ1) is 9.79. The highest BCUT2D eigenvalue weighted by Gasteiger charge is 2.41. The van der Waals surface area contributed by atoms with E-state index in [2.05, 4.69) is 0 Å². The highest BCUT2D eigenvalue weighted by Crippen LogP contribution is 2.50. The summed E-state index contributed by atoms with van der Waals surface area (Å²) in [4.78, 5) is 0. The number of aliphatic hydroxyl groups excluding tert-OH is 1. The summed E-state index contributed by atoms with van der Waals surface area (Å²) in [5.74, 6) is 4.03. The van der Waals surface area contributed by atoms with Gasteiger partial charge in [0, 0.05) is 0 Å². The third-order valence-corrected chi connectivity index (χ3v) is 5.39. The fourth-order valence-corrected chi connectivity index (χ4v) is 4.35. The summed E-state index contributed by atoms with van der Waals surface area (Å²) in [6.07, 6.45) is 5.73. The molecule has 0 amide bonds. The van der Waals surface area contributed by atoms with Crippen LogP contribution in [-0.2, 0) is 0 Å². The van der Waals surface area contributed by atoms with Crippen LogP contribution in [0.3, 0.4) is 0 Å². The summed E-state index contributed by atoms with van der Waals surface area (Å²) >= 11 is 0. The molecular weight excluding hydrogens is 252 g/mol. The Morgan fingerprint density at radius 3 is 2.75 bits per heavy atom. The second-order valence-corrected chi connectivity index (χ2v) is 6.65. The third kappa shape index (κ3) is 2.18. The highest BCUT2D eigenvalue weighted by atomic mass is 16.6. The lowest BCUT2D eigenvalue weighted by molar-refractivity contribution is -0.0242. The summed E-state index contributed by atoms with van der Waals surface area (Å²) in [5.41, 5.74) is 0. The van der Waals surface area contributed by atoms with Crippen LogP contribution in [0, 0.1) is 17.8 Å². The second-order valence-electron chi connectivity index (χ2n) is 6.65. The Morgan fingerprint density at radius 2 is 2.00 bits per heavy atom. The standard InChI is InChI=1S/C17H22O3/c18-14(9-13-8-11-5-6-12(13)7-11)17-10-19-15-3-1-2-4-16(15)20-17/h1-4,11-14,17-18H,5-10H2. The quantitative estimate of drug-likeness (QED) is 0.921. The fourth-order valence-electron chi connectivity index (χ4n) is 4.35. The normalized spacial score (nSPS) is 36.0. The van der Waals surface area contributed by atoms with E-state index >= 15 is 0 Å². The number of hydrogen-bond donors (Lipinski definition) is 1. The Kier molecular flexibility index (Phi) is 3.10. The number of para-hydroxylation sites is 2. The Morgan fingerprint density at radius 1 is 1.15 bits per heavy atom. The number of ether oxygens (including phenoxy) is 2. The van der Waals surface area contributed by atoms with Crippen molar-refractivity contribution in [2.45, 2.75) is 44.3 Å². The molecule has 4 rings (SSSR count). The van der Waals surface area contributed by atoms with Crippen molar-refractivity contribution >= 4 is 0 Å². The average Bonchev–Trinajstić information content (AvgIpc) is 3.09. The van der Waals surface area contributed by atoms with Crippen molar-refractivity contribution in [2.24, 2.45) is 17.8 Å². The highest BCUT2D eigenvalue weighted by molar-refractivity contribution is 5.40. The minimum absolute atomic E-state index is 0.218. The van der Waals surface area contributed by atoms with Crippen LogP contribution in [-0.4, -0.2) is 23.9 Å². The lowest BCUT2D eigenvalue weighted by atomic mass is 9.84. The molecule has 1 heterocycles. The van der Waals surface area contributed by atoms with Gasteiger partial charge in [-0.1, -0.05) is 18.6 Å². The first kappa shape index (κ1) is 12.5. The number of rotatable bonds is 3. The van der Waals surface area contributed by atoms with E-state index in [1.807, 2.05) is 24.3 Å². The van der Waals surface area contributed by atoms with Crippen molar-refractivity contribution in [2.75, 3.05) is 6.61 Å². The smallest absolute Gasteiger partial charge is 0.161 e. The van der Waals surface area contributed by atoms with Crippen molar-refractivity contribution in [3.63, 3.8) is 0 Å². The molecule has 0 saturated heterocycles. The molecule has 1 N–H and O–H groups in total. The molecule has 2 fully saturated rings. The van der Waals surface area contributed by atoms with Gasteiger partial charge in [-0.25, -0.2) is 0 Å². The molecule has 2 saturated carbocycles. The lowest BCUT2D eigenvalue weighted by Crippen LogP contribution is -2.41. The molecule has 5 unspecified atom stereocenters. The summed E-state index contributed by atoms with van der Waals surface area (Å²) in [6, 6.07) is 7.70. The predicted molar refractivity (Wildman–Crippen MR) is 75.9 cm³/mol. The first-order valence-corrected chi connectivity index (χ1v) is 7.86. The molecule has 108 valence electrons. The zero-order valence-electron chi connectivity index (χ0n) is 11.7. The van der Waals surface area contributed by atoms with Gasteiger partial charge in [-0.15, -0.1) is 0 Å². The summed E-state index contributed by atoms with van der Waals surface area (Å²) in [5, 5.41) is 10.5. The van der Waals surface area contributed by atoms with Crippen molar-refractivity contribution in [3.05, 3.63) is 24.3 Å². The van der Waals surface area contributed by atoms with E-state index in [-0.39, 0.29) is 6.10 Å². The monoisotopic (exact) mass is 274 g/mol. The molecule has 1 aliphatic heterocycles. The zero-order chi connectivity index (χ0) is 13.5. The van der Waals surface area contributed by atoms with Gasteiger partial charge in [-0.2, -0.15) is 0 Å². The summed E-state index contributed by atoms with van der Waals surface area (Å²) in [7, 11) is 0. The molecule has 2 aliphatic carbocycles. The van der Waals surface area contributed by atoms with Gasteiger partial charge in [0.1, 0.15) is 6.61 Å². The minimum atomic E-state index is -0.410. The van der Waals surface area contributed by atoms with Crippen molar-refractivity contribution in [1.29, 1.82) is 0 Å². The topological polar surface area (TPSA) is 38.7 Å². The van der Waals surface area contributed by atoms with E-state index in [4.69, 9.17) is 9.47 Å². The lowest BCUT2D eigenvalue weighted by Gasteiger charge is -2.32. The van der Waals surface area contributed by atoms with E-state index in [1.54, 1.807) is 0 Å². The summed E-state index contributed by atoms with van der Waals surface area (Å²) < 4.78 is 11.6. The van der Waals surface area contributed by atoms with Crippen LogP contribution in [0.2, 0.25) is 0 Å². The molecule has 5 atom stereocenters. The van der Waals surface area contributed by atoms with E-state index in [9.17, 15) is 5.11 Å². The van der Waals surface area contributed by atoms with E-state index in [1.165, 1.54) is 25.7 Å². The number of fused-ring (bicyclic) bond motifs is 3. The maximum absolute atomic E-state index is 10.5. The molecule has 2 bridgehead atoms. The Bertz CT molecular complexity index is 487. The van der Waals surface area contributed by atoms with Gasteiger partial charge < -0.3 is 14.6 Å². The van der Waals surface area contributed by atoms with Crippen molar-refractivity contribution in [3.8, 4) is 11.5 Å². The number of benzene rings is 1. The molecule has 0 radical (unpaired) electrons. The second kappa shape index (κ2) is 4.96. The van der Waals surface area contributed by atoms with Crippen LogP contribution in [0.1, 0.15) is 32.1 Å². The van der Waals surface area contributed by atoms with Gasteiger partial charge in [0.15, 0.2) is 17.6 Å². The zero-order valence-corrected chi connectivity index (χ0v) is 11.7. The maximum Gasteiger partial charge on any atom is 0.161 e.